The maximum atomic E-state index is 11.0. The van der Waals surface area contributed by atoms with Gasteiger partial charge in [0.1, 0.15) is 17.1 Å². The molecule has 1 heterocycles. The minimum atomic E-state index is -0.321. The second kappa shape index (κ2) is 6.50. The number of furan rings is 1. The molecule has 0 N–H and O–H groups in total. The first-order chi connectivity index (χ1) is 11.1. The van der Waals surface area contributed by atoms with Crippen molar-refractivity contribution in [3.8, 4) is 17.1 Å². The van der Waals surface area contributed by atoms with Crippen LogP contribution in [0.15, 0.2) is 51.8 Å². The van der Waals surface area contributed by atoms with E-state index in [0.29, 0.717) is 5.75 Å². The first-order valence-electron chi connectivity index (χ1n) is 7.50. The fourth-order valence-corrected chi connectivity index (χ4v) is 3.30. The standard InChI is InChI=1S/C19H18O3S/c1-4-13-5-10-17-16(11-13)19(23-3)18(22-17)14-6-8-15(9-7-14)21-12(2)20/h5-11H,4H2,1-3H3. The number of esters is 1. The zero-order valence-corrected chi connectivity index (χ0v) is 14.2. The first-order valence-corrected chi connectivity index (χ1v) is 8.73. The summed E-state index contributed by atoms with van der Waals surface area (Å²) in [6.07, 6.45) is 3.06. The lowest BCUT2D eigenvalue weighted by Crippen LogP contribution is -2.00. The van der Waals surface area contributed by atoms with Gasteiger partial charge >= 0.3 is 5.97 Å². The molecular weight excluding hydrogens is 308 g/mol. The van der Waals surface area contributed by atoms with Crippen LogP contribution in [-0.2, 0) is 11.2 Å². The summed E-state index contributed by atoms with van der Waals surface area (Å²) < 4.78 is 11.1. The average molecular weight is 326 g/mol. The SMILES string of the molecule is CCc1ccc2oc(-c3ccc(OC(C)=O)cc3)c(SC)c2c1. The van der Waals surface area contributed by atoms with Gasteiger partial charge in [-0.15, -0.1) is 11.8 Å². The predicted molar refractivity (Wildman–Crippen MR) is 94.1 cm³/mol. The summed E-state index contributed by atoms with van der Waals surface area (Å²) in [6, 6.07) is 13.7. The molecule has 3 rings (SSSR count). The lowest BCUT2D eigenvalue weighted by Gasteiger charge is -2.03. The summed E-state index contributed by atoms with van der Waals surface area (Å²) in [5.74, 6) is 1.07. The highest BCUT2D eigenvalue weighted by atomic mass is 32.2. The Morgan fingerprint density at radius 2 is 1.91 bits per heavy atom. The third kappa shape index (κ3) is 3.13. The van der Waals surface area contributed by atoms with Gasteiger partial charge in [0.15, 0.2) is 0 Å². The number of thioether (sulfide) groups is 1. The monoisotopic (exact) mass is 326 g/mol. The fraction of sp³-hybridized carbons (Fsp3) is 0.211. The van der Waals surface area contributed by atoms with E-state index in [1.165, 1.54) is 12.5 Å². The minimum absolute atomic E-state index is 0.321. The van der Waals surface area contributed by atoms with Crippen molar-refractivity contribution in [2.45, 2.75) is 25.2 Å². The van der Waals surface area contributed by atoms with E-state index in [1.54, 1.807) is 23.9 Å². The Balaban J connectivity index is 2.06. The molecule has 118 valence electrons. The Kier molecular flexibility index (Phi) is 4.44. The van der Waals surface area contributed by atoms with Crippen molar-refractivity contribution in [2.75, 3.05) is 6.26 Å². The number of ether oxygens (including phenoxy) is 1. The van der Waals surface area contributed by atoms with Crippen LogP contribution in [0, 0.1) is 0 Å². The zero-order chi connectivity index (χ0) is 16.4. The van der Waals surface area contributed by atoms with Gasteiger partial charge in [-0.2, -0.15) is 0 Å². The molecule has 0 fully saturated rings. The average Bonchev–Trinajstić information content (AvgIpc) is 2.92. The molecule has 0 radical (unpaired) electrons. The topological polar surface area (TPSA) is 39.4 Å². The minimum Gasteiger partial charge on any atom is -0.455 e. The highest BCUT2D eigenvalue weighted by molar-refractivity contribution is 7.99. The second-order valence-electron chi connectivity index (χ2n) is 5.27. The highest BCUT2D eigenvalue weighted by Crippen LogP contribution is 2.40. The van der Waals surface area contributed by atoms with Gasteiger partial charge in [-0.05, 0) is 54.6 Å². The normalized spacial score (nSPS) is 10.9. The van der Waals surface area contributed by atoms with Crippen LogP contribution in [0.3, 0.4) is 0 Å². The Morgan fingerprint density at radius 1 is 1.17 bits per heavy atom. The van der Waals surface area contributed by atoms with E-state index in [-0.39, 0.29) is 5.97 Å². The van der Waals surface area contributed by atoms with Crippen molar-refractivity contribution in [1.29, 1.82) is 0 Å². The number of rotatable bonds is 4. The fourth-order valence-electron chi connectivity index (χ4n) is 2.58. The molecule has 0 aliphatic heterocycles. The second-order valence-corrected chi connectivity index (χ2v) is 6.08. The van der Waals surface area contributed by atoms with Gasteiger partial charge in [0.25, 0.3) is 0 Å². The van der Waals surface area contributed by atoms with Gasteiger partial charge in [0.05, 0.1) is 4.90 Å². The molecular formula is C19H18O3S. The molecule has 23 heavy (non-hydrogen) atoms. The maximum Gasteiger partial charge on any atom is 0.308 e. The van der Waals surface area contributed by atoms with E-state index in [9.17, 15) is 4.79 Å². The third-order valence-electron chi connectivity index (χ3n) is 3.70. The Labute approximate surface area is 139 Å². The highest BCUT2D eigenvalue weighted by Gasteiger charge is 2.15. The number of fused-ring (bicyclic) bond motifs is 1. The summed E-state index contributed by atoms with van der Waals surface area (Å²) in [6.45, 7) is 3.54. The van der Waals surface area contributed by atoms with Crippen molar-refractivity contribution >= 4 is 28.7 Å². The molecule has 0 bridgehead atoms. The van der Waals surface area contributed by atoms with Crippen molar-refractivity contribution in [1.82, 2.24) is 0 Å². The Bertz CT molecular complexity index is 847. The molecule has 2 aromatic carbocycles. The molecule has 0 saturated carbocycles. The molecule has 0 unspecified atom stereocenters. The van der Waals surface area contributed by atoms with E-state index in [4.69, 9.17) is 9.15 Å². The number of carbonyl (C=O) groups excluding carboxylic acids is 1. The van der Waals surface area contributed by atoms with Gasteiger partial charge in [0, 0.05) is 17.9 Å². The van der Waals surface area contributed by atoms with Crippen LogP contribution in [-0.4, -0.2) is 12.2 Å². The molecule has 1 aromatic heterocycles. The van der Waals surface area contributed by atoms with Crippen LogP contribution in [0.2, 0.25) is 0 Å². The molecule has 0 saturated heterocycles. The largest absolute Gasteiger partial charge is 0.455 e. The molecule has 3 aromatic rings. The van der Waals surface area contributed by atoms with E-state index in [1.807, 2.05) is 18.2 Å². The molecule has 0 spiro atoms. The summed E-state index contributed by atoms with van der Waals surface area (Å²) in [5.41, 5.74) is 3.16. The molecule has 0 amide bonds. The third-order valence-corrected chi connectivity index (χ3v) is 4.51. The number of carbonyl (C=O) groups is 1. The van der Waals surface area contributed by atoms with Gasteiger partial charge in [0.2, 0.25) is 0 Å². The van der Waals surface area contributed by atoms with Crippen LogP contribution in [0.5, 0.6) is 5.75 Å². The van der Waals surface area contributed by atoms with E-state index >= 15 is 0 Å². The van der Waals surface area contributed by atoms with Gasteiger partial charge < -0.3 is 9.15 Å². The van der Waals surface area contributed by atoms with Crippen LogP contribution in [0.4, 0.5) is 0 Å². The van der Waals surface area contributed by atoms with Gasteiger partial charge in [-0.1, -0.05) is 13.0 Å². The predicted octanol–water partition coefficient (Wildman–Crippen LogP) is 5.31. The number of aryl methyl sites for hydroxylation is 1. The molecule has 0 aliphatic carbocycles. The van der Waals surface area contributed by atoms with Crippen molar-refractivity contribution in [2.24, 2.45) is 0 Å². The first kappa shape index (κ1) is 15.7. The van der Waals surface area contributed by atoms with Gasteiger partial charge in [-0.25, -0.2) is 0 Å². The number of hydrogen-bond donors (Lipinski definition) is 0. The Hall–Kier alpha value is -2.20. The lowest BCUT2D eigenvalue weighted by atomic mass is 10.1. The number of benzene rings is 2. The van der Waals surface area contributed by atoms with Crippen LogP contribution < -0.4 is 4.74 Å². The quantitative estimate of drug-likeness (QED) is 0.370. The summed E-state index contributed by atoms with van der Waals surface area (Å²) in [5, 5.41) is 1.15. The van der Waals surface area contributed by atoms with Crippen molar-refractivity contribution < 1.29 is 13.9 Å². The summed E-state index contributed by atoms with van der Waals surface area (Å²) in [4.78, 5) is 12.1. The van der Waals surface area contributed by atoms with Crippen molar-refractivity contribution in [3.63, 3.8) is 0 Å². The molecule has 0 aliphatic rings. The summed E-state index contributed by atoms with van der Waals surface area (Å²) >= 11 is 1.68. The van der Waals surface area contributed by atoms with Crippen LogP contribution >= 0.6 is 11.8 Å². The van der Waals surface area contributed by atoms with Crippen LogP contribution in [0.1, 0.15) is 19.4 Å². The maximum absolute atomic E-state index is 11.0. The summed E-state index contributed by atoms with van der Waals surface area (Å²) in [7, 11) is 0. The van der Waals surface area contributed by atoms with E-state index in [2.05, 4.69) is 25.3 Å². The zero-order valence-electron chi connectivity index (χ0n) is 13.4. The Morgan fingerprint density at radius 3 is 2.52 bits per heavy atom. The van der Waals surface area contributed by atoms with Crippen LogP contribution in [0.25, 0.3) is 22.3 Å². The molecule has 4 heteroatoms. The number of hydrogen-bond acceptors (Lipinski definition) is 4. The van der Waals surface area contributed by atoms with Crippen molar-refractivity contribution in [3.05, 3.63) is 48.0 Å². The van der Waals surface area contributed by atoms with E-state index in [0.717, 1.165) is 33.6 Å². The lowest BCUT2D eigenvalue weighted by molar-refractivity contribution is -0.131. The van der Waals surface area contributed by atoms with Gasteiger partial charge in [-0.3, -0.25) is 4.79 Å². The molecule has 0 atom stereocenters. The molecule has 3 nitrogen and oxygen atoms in total. The smallest absolute Gasteiger partial charge is 0.308 e. The van der Waals surface area contributed by atoms with E-state index < -0.39 is 0 Å².